The van der Waals surface area contributed by atoms with Crippen LogP contribution in [-0.2, 0) is 18.0 Å². The van der Waals surface area contributed by atoms with E-state index in [0.717, 1.165) is 15.6 Å². The van der Waals surface area contributed by atoms with Crippen molar-refractivity contribution in [3.05, 3.63) is 15.6 Å². The molecule has 0 amide bonds. The number of hydrogen-bond acceptors (Lipinski definition) is 4. The van der Waals surface area contributed by atoms with Gasteiger partial charge in [-0.25, -0.2) is 4.98 Å². The van der Waals surface area contributed by atoms with Gasteiger partial charge in [-0.15, -0.1) is 11.3 Å². The summed E-state index contributed by atoms with van der Waals surface area (Å²) in [6.07, 6.45) is 0. The molecular formula is C7H11NO2S. The summed E-state index contributed by atoms with van der Waals surface area (Å²) in [6, 6.07) is 0. The van der Waals surface area contributed by atoms with Gasteiger partial charge in [0.15, 0.2) is 0 Å². The lowest BCUT2D eigenvalue weighted by Crippen LogP contribution is -1.92. The highest BCUT2D eigenvalue weighted by Gasteiger charge is 2.06. The fourth-order valence-electron chi connectivity index (χ4n) is 0.885. The molecule has 0 atom stereocenters. The van der Waals surface area contributed by atoms with E-state index in [4.69, 9.17) is 9.84 Å². The van der Waals surface area contributed by atoms with Crippen molar-refractivity contribution in [3.8, 4) is 0 Å². The summed E-state index contributed by atoms with van der Waals surface area (Å²) in [5.74, 6) is 0. The van der Waals surface area contributed by atoms with Crippen molar-refractivity contribution in [2.45, 2.75) is 20.1 Å². The molecule has 1 heterocycles. The highest BCUT2D eigenvalue weighted by atomic mass is 32.1. The summed E-state index contributed by atoms with van der Waals surface area (Å²) in [5.41, 5.74) is 0.859. The van der Waals surface area contributed by atoms with Crippen LogP contribution >= 0.6 is 11.3 Å². The molecule has 0 unspecified atom stereocenters. The summed E-state index contributed by atoms with van der Waals surface area (Å²) >= 11 is 1.51. The second-order valence-electron chi connectivity index (χ2n) is 2.19. The number of rotatable bonds is 3. The third kappa shape index (κ3) is 1.99. The topological polar surface area (TPSA) is 42.4 Å². The third-order valence-electron chi connectivity index (χ3n) is 1.31. The van der Waals surface area contributed by atoms with Gasteiger partial charge in [-0.2, -0.15) is 0 Å². The van der Waals surface area contributed by atoms with Crippen molar-refractivity contribution in [2.24, 2.45) is 0 Å². The summed E-state index contributed by atoms with van der Waals surface area (Å²) in [5, 5.41) is 9.85. The summed E-state index contributed by atoms with van der Waals surface area (Å²) in [7, 11) is 1.62. The van der Waals surface area contributed by atoms with E-state index in [1.165, 1.54) is 11.3 Å². The Morgan fingerprint density at radius 3 is 2.91 bits per heavy atom. The number of thiazole rings is 1. The minimum atomic E-state index is 0.0597. The second-order valence-corrected chi connectivity index (χ2v) is 3.48. The molecule has 0 aliphatic rings. The number of ether oxygens (including phenoxy) is 1. The molecule has 0 saturated heterocycles. The zero-order chi connectivity index (χ0) is 8.27. The number of hydrogen-bond donors (Lipinski definition) is 1. The average Bonchev–Trinajstić information content (AvgIpc) is 2.32. The van der Waals surface area contributed by atoms with Crippen LogP contribution in [0.2, 0.25) is 0 Å². The third-order valence-corrected chi connectivity index (χ3v) is 2.31. The first-order valence-corrected chi connectivity index (χ1v) is 4.14. The molecule has 4 heteroatoms. The van der Waals surface area contributed by atoms with Crippen LogP contribution in [0, 0.1) is 6.92 Å². The number of aryl methyl sites for hydroxylation is 1. The molecule has 0 aliphatic carbocycles. The van der Waals surface area contributed by atoms with Gasteiger partial charge in [0, 0.05) is 7.11 Å². The molecular weight excluding hydrogens is 162 g/mol. The zero-order valence-corrected chi connectivity index (χ0v) is 7.44. The van der Waals surface area contributed by atoms with Gasteiger partial charge in [-0.3, -0.25) is 0 Å². The maximum atomic E-state index is 8.87. The lowest BCUT2D eigenvalue weighted by Gasteiger charge is -1.95. The standard InChI is InChI=1S/C7H11NO2S/c1-5-8-6(4-10-2)7(3-9)11-5/h9H,3-4H2,1-2H3. The molecule has 1 aromatic rings. The number of aromatic nitrogens is 1. The molecule has 0 radical (unpaired) electrons. The molecule has 0 saturated carbocycles. The monoisotopic (exact) mass is 173 g/mol. The molecule has 1 rings (SSSR count). The van der Waals surface area contributed by atoms with Crippen molar-refractivity contribution in [1.82, 2.24) is 4.98 Å². The maximum absolute atomic E-state index is 8.87. The molecule has 1 aromatic heterocycles. The molecule has 0 spiro atoms. The first-order chi connectivity index (χ1) is 5.27. The predicted octanol–water partition coefficient (Wildman–Crippen LogP) is 1.09. The first-order valence-electron chi connectivity index (χ1n) is 3.33. The van der Waals surface area contributed by atoms with Crippen molar-refractivity contribution in [2.75, 3.05) is 7.11 Å². The van der Waals surface area contributed by atoms with Gasteiger partial charge in [0.25, 0.3) is 0 Å². The molecule has 0 aromatic carbocycles. The Labute approximate surface area is 69.7 Å². The minimum absolute atomic E-state index is 0.0597. The van der Waals surface area contributed by atoms with E-state index < -0.39 is 0 Å². The van der Waals surface area contributed by atoms with Crippen LogP contribution in [0.3, 0.4) is 0 Å². The Hall–Kier alpha value is -0.450. The second kappa shape index (κ2) is 3.80. The summed E-state index contributed by atoms with van der Waals surface area (Å²) < 4.78 is 4.92. The quantitative estimate of drug-likeness (QED) is 0.744. The van der Waals surface area contributed by atoms with Gasteiger partial charge < -0.3 is 9.84 Å². The van der Waals surface area contributed by atoms with E-state index in [-0.39, 0.29) is 6.61 Å². The highest BCUT2D eigenvalue weighted by molar-refractivity contribution is 7.11. The first kappa shape index (κ1) is 8.64. The van der Waals surface area contributed by atoms with Crippen molar-refractivity contribution in [3.63, 3.8) is 0 Å². The maximum Gasteiger partial charge on any atom is 0.0902 e. The van der Waals surface area contributed by atoms with Crippen molar-refractivity contribution >= 4 is 11.3 Å². The van der Waals surface area contributed by atoms with Gasteiger partial charge in [-0.05, 0) is 6.92 Å². The van der Waals surface area contributed by atoms with E-state index in [1.54, 1.807) is 7.11 Å². The van der Waals surface area contributed by atoms with Crippen LogP contribution in [0.1, 0.15) is 15.6 Å². The van der Waals surface area contributed by atoms with Crippen LogP contribution in [-0.4, -0.2) is 17.2 Å². The van der Waals surface area contributed by atoms with Gasteiger partial charge in [0.05, 0.1) is 28.8 Å². The molecule has 3 nitrogen and oxygen atoms in total. The Morgan fingerprint density at radius 2 is 2.36 bits per heavy atom. The predicted molar refractivity (Wildman–Crippen MR) is 43.5 cm³/mol. The van der Waals surface area contributed by atoms with Crippen molar-refractivity contribution in [1.29, 1.82) is 0 Å². The molecule has 11 heavy (non-hydrogen) atoms. The largest absolute Gasteiger partial charge is 0.391 e. The fraction of sp³-hybridized carbons (Fsp3) is 0.571. The van der Waals surface area contributed by atoms with E-state index in [0.29, 0.717) is 6.61 Å². The number of aliphatic hydroxyl groups excluding tert-OH is 1. The summed E-state index contributed by atoms with van der Waals surface area (Å²) in [4.78, 5) is 5.11. The number of nitrogens with zero attached hydrogens (tertiary/aromatic N) is 1. The van der Waals surface area contributed by atoms with Crippen LogP contribution in [0.4, 0.5) is 0 Å². The summed E-state index contributed by atoms with van der Waals surface area (Å²) in [6.45, 7) is 2.47. The van der Waals surface area contributed by atoms with Crippen LogP contribution in [0.15, 0.2) is 0 Å². The average molecular weight is 173 g/mol. The lowest BCUT2D eigenvalue weighted by molar-refractivity contribution is 0.178. The van der Waals surface area contributed by atoms with E-state index >= 15 is 0 Å². The molecule has 62 valence electrons. The SMILES string of the molecule is COCc1nc(C)sc1CO. The highest BCUT2D eigenvalue weighted by Crippen LogP contribution is 2.18. The smallest absolute Gasteiger partial charge is 0.0902 e. The Balaban J connectivity index is 2.83. The normalized spacial score (nSPS) is 10.5. The Morgan fingerprint density at radius 1 is 1.64 bits per heavy atom. The van der Waals surface area contributed by atoms with E-state index in [9.17, 15) is 0 Å². The van der Waals surface area contributed by atoms with Crippen LogP contribution < -0.4 is 0 Å². The fourth-order valence-corrected chi connectivity index (χ4v) is 1.68. The Bertz CT molecular complexity index is 234. The van der Waals surface area contributed by atoms with E-state index in [1.807, 2.05) is 6.92 Å². The Kier molecular flexibility index (Phi) is 2.99. The van der Waals surface area contributed by atoms with Crippen LogP contribution in [0.5, 0.6) is 0 Å². The minimum Gasteiger partial charge on any atom is -0.391 e. The van der Waals surface area contributed by atoms with Crippen molar-refractivity contribution < 1.29 is 9.84 Å². The lowest BCUT2D eigenvalue weighted by atomic mass is 10.4. The molecule has 0 bridgehead atoms. The number of methoxy groups -OCH3 is 1. The zero-order valence-electron chi connectivity index (χ0n) is 6.63. The molecule has 1 N–H and O–H groups in total. The molecule has 0 fully saturated rings. The van der Waals surface area contributed by atoms with Gasteiger partial charge >= 0.3 is 0 Å². The van der Waals surface area contributed by atoms with Gasteiger partial charge in [0.1, 0.15) is 0 Å². The van der Waals surface area contributed by atoms with Gasteiger partial charge in [0.2, 0.25) is 0 Å². The molecule has 0 aliphatic heterocycles. The number of aliphatic hydroxyl groups is 1. The van der Waals surface area contributed by atoms with E-state index in [2.05, 4.69) is 4.98 Å². The van der Waals surface area contributed by atoms with Crippen LogP contribution in [0.25, 0.3) is 0 Å². The van der Waals surface area contributed by atoms with Gasteiger partial charge in [-0.1, -0.05) is 0 Å².